The van der Waals surface area contributed by atoms with E-state index in [1.807, 2.05) is 35.0 Å². The summed E-state index contributed by atoms with van der Waals surface area (Å²) >= 11 is 1.53. The van der Waals surface area contributed by atoms with Gasteiger partial charge in [0.15, 0.2) is 6.61 Å². The summed E-state index contributed by atoms with van der Waals surface area (Å²) in [5.74, 6) is -0.624. The van der Waals surface area contributed by atoms with Crippen molar-refractivity contribution in [2.24, 2.45) is 0 Å². The second-order valence-electron chi connectivity index (χ2n) is 5.33. The molecular weight excluding hydrogens is 298 g/mol. The maximum absolute atomic E-state index is 11.9. The Morgan fingerprint density at radius 3 is 2.95 bits per heavy atom. The summed E-state index contributed by atoms with van der Waals surface area (Å²) in [5.41, 5.74) is 3.36. The second kappa shape index (κ2) is 6.75. The maximum Gasteiger partial charge on any atom is 0.310 e. The average Bonchev–Trinajstić information content (AvgIpc) is 3.16. The molecule has 0 saturated carbocycles. The van der Waals surface area contributed by atoms with Gasteiger partial charge in [-0.2, -0.15) is 11.3 Å². The van der Waals surface area contributed by atoms with Crippen LogP contribution in [0.25, 0.3) is 0 Å². The van der Waals surface area contributed by atoms with Gasteiger partial charge in [0, 0.05) is 0 Å². The van der Waals surface area contributed by atoms with Crippen molar-refractivity contribution in [3.63, 3.8) is 0 Å². The molecule has 0 radical (unpaired) electrons. The minimum absolute atomic E-state index is 0.0271. The molecule has 1 heterocycles. The molecule has 1 aliphatic rings. The number of amides is 1. The zero-order chi connectivity index (χ0) is 15.4. The molecule has 1 atom stereocenters. The zero-order valence-corrected chi connectivity index (χ0v) is 12.9. The number of hydrogen-bond donors (Lipinski definition) is 1. The number of esters is 1. The first-order valence-corrected chi connectivity index (χ1v) is 8.20. The summed E-state index contributed by atoms with van der Waals surface area (Å²) in [6.45, 7) is -0.221. The number of nitrogens with one attached hydrogen (secondary N) is 1. The van der Waals surface area contributed by atoms with Crippen molar-refractivity contribution in [2.75, 3.05) is 6.61 Å². The number of rotatable bonds is 5. The van der Waals surface area contributed by atoms with E-state index in [1.54, 1.807) is 0 Å². The summed E-state index contributed by atoms with van der Waals surface area (Å²) in [7, 11) is 0. The van der Waals surface area contributed by atoms with Crippen LogP contribution in [0.3, 0.4) is 0 Å². The van der Waals surface area contributed by atoms with E-state index in [4.69, 9.17) is 4.74 Å². The van der Waals surface area contributed by atoms with Crippen LogP contribution in [0.15, 0.2) is 41.1 Å². The standard InChI is InChI=1S/C17H17NO3S/c19-16(10-21-17(20)9-12-7-8-22-11-12)18-15-6-5-13-3-1-2-4-14(13)15/h1-4,7-8,11,15H,5-6,9-10H2,(H,18,19)/t15-/m1/s1. The van der Waals surface area contributed by atoms with E-state index in [0.717, 1.165) is 18.4 Å². The van der Waals surface area contributed by atoms with Gasteiger partial charge in [0.1, 0.15) is 0 Å². The first-order chi connectivity index (χ1) is 10.7. The summed E-state index contributed by atoms with van der Waals surface area (Å²) < 4.78 is 5.03. The summed E-state index contributed by atoms with van der Waals surface area (Å²) in [4.78, 5) is 23.6. The van der Waals surface area contributed by atoms with Gasteiger partial charge in [-0.15, -0.1) is 0 Å². The predicted octanol–water partition coefficient (Wildman–Crippen LogP) is 2.64. The molecule has 0 bridgehead atoms. The van der Waals surface area contributed by atoms with E-state index < -0.39 is 0 Å². The molecule has 0 aliphatic heterocycles. The highest BCUT2D eigenvalue weighted by Crippen LogP contribution is 2.30. The molecule has 1 aromatic heterocycles. The lowest BCUT2D eigenvalue weighted by molar-refractivity contribution is -0.148. The van der Waals surface area contributed by atoms with E-state index >= 15 is 0 Å². The summed E-state index contributed by atoms with van der Waals surface area (Å²) in [6.07, 6.45) is 2.08. The van der Waals surface area contributed by atoms with Crippen LogP contribution < -0.4 is 5.32 Å². The molecule has 3 rings (SSSR count). The fourth-order valence-electron chi connectivity index (χ4n) is 2.70. The summed E-state index contributed by atoms with van der Waals surface area (Å²) in [5, 5.41) is 6.74. The number of benzene rings is 1. The Hall–Kier alpha value is -2.14. The van der Waals surface area contributed by atoms with E-state index in [2.05, 4.69) is 11.4 Å². The van der Waals surface area contributed by atoms with E-state index in [-0.39, 0.29) is 30.9 Å². The van der Waals surface area contributed by atoms with Gasteiger partial charge in [0.05, 0.1) is 12.5 Å². The van der Waals surface area contributed by atoms with Gasteiger partial charge in [-0.05, 0) is 46.4 Å². The highest BCUT2D eigenvalue weighted by atomic mass is 32.1. The Balaban J connectivity index is 1.46. The number of hydrogen-bond acceptors (Lipinski definition) is 4. The minimum atomic E-state index is -0.375. The van der Waals surface area contributed by atoms with Crippen molar-refractivity contribution < 1.29 is 14.3 Å². The van der Waals surface area contributed by atoms with Gasteiger partial charge in [0.25, 0.3) is 5.91 Å². The molecule has 0 unspecified atom stereocenters. The van der Waals surface area contributed by atoms with Crippen LogP contribution in [0, 0.1) is 0 Å². The molecular formula is C17H17NO3S. The third-order valence-electron chi connectivity index (χ3n) is 3.76. The number of aryl methyl sites for hydroxylation is 1. The largest absolute Gasteiger partial charge is 0.455 e. The molecule has 22 heavy (non-hydrogen) atoms. The lowest BCUT2D eigenvalue weighted by Gasteiger charge is -2.14. The number of ether oxygens (including phenoxy) is 1. The predicted molar refractivity (Wildman–Crippen MR) is 84.6 cm³/mol. The number of carbonyl (C=O) groups is 2. The van der Waals surface area contributed by atoms with Crippen molar-refractivity contribution >= 4 is 23.2 Å². The van der Waals surface area contributed by atoms with Gasteiger partial charge < -0.3 is 10.1 Å². The first-order valence-electron chi connectivity index (χ1n) is 7.26. The molecule has 0 spiro atoms. The maximum atomic E-state index is 11.9. The lowest BCUT2D eigenvalue weighted by Crippen LogP contribution is -2.31. The Kier molecular flexibility index (Phi) is 4.53. The van der Waals surface area contributed by atoms with Crippen LogP contribution in [0.4, 0.5) is 0 Å². The van der Waals surface area contributed by atoms with Crippen molar-refractivity contribution in [1.29, 1.82) is 0 Å². The second-order valence-corrected chi connectivity index (χ2v) is 6.11. The van der Waals surface area contributed by atoms with Crippen LogP contribution in [0.5, 0.6) is 0 Å². The van der Waals surface area contributed by atoms with Gasteiger partial charge in [-0.25, -0.2) is 0 Å². The summed E-state index contributed by atoms with van der Waals surface area (Å²) in [6, 6.07) is 10.0. The Labute approximate surface area is 133 Å². The van der Waals surface area contributed by atoms with Crippen LogP contribution >= 0.6 is 11.3 Å². The van der Waals surface area contributed by atoms with Crippen molar-refractivity contribution in [1.82, 2.24) is 5.32 Å². The topological polar surface area (TPSA) is 55.4 Å². The molecule has 1 amide bonds. The smallest absolute Gasteiger partial charge is 0.310 e. The molecule has 0 fully saturated rings. The third-order valence-corrected chi connectivity index (χ3v) is 4.49. The molecule has 1 N–H and O–H groups in total. The quantitative estimate of drug-likeness (QED) is 0.863. The molecule has 0 saturated heterocycles. The highest BCUT2D eigenvalue weighted by Gasteiger charge is 2.23. The van der Waals surface area contributed by atoms with Gasteiger partial charge in [-0.1, -0.05) is 24.3 Å². The van der Waals surface area contributed by atoms with Crippen molar-refractivity contribution in [2.45, 2.75) is 25.3 Å². The van der Waals surface area contributed by atoms with Gasteiger partial charge in [-0.3, -0.25) is 9.59 Å². The molecule has 4 nitrogen and oxygen atoms in total. The van der Waals surface area contributed by atoms with Crippen LogP contribution in [0.1, 0.15) is 29.2 Å². The van der Waals surface area contributed by atoms with E-state index in [1.165, 1.54) is 22.5 Å². The van der Waals surface area contributed by atoms with Crippen molar-refractivity contribution in [3.05, 3.63) is 57.8 Å². The lowest BCUT2D eigenvalue weighted by atomic mass is 10.1. The monoisotopic (exact) mass is 315 g/mol. The SMILES string of the molecule is O=C(COC(=O)Cc1ccsc1)N[C@@H]1CCc2ccccc21. The average molecular weight is 315 g/mol. The molecule has 2 aromatic rings. The minimum Gasteiger partial charge on any atom is -0.455 e. The van der Waals surface area contributed by atoms with Crippen LogP contribution in [0.2, 0.25) is 0 Å². The van der Waals surface area contributed by atoms with E-state index in [9.17, 15) is 9.59 Å². The Morgan fingerprint density at radius 2 is 2.14 bits per heavy atom. The third kappa shape index (κ3) is 3.54. The molecule has 5 heteroatoms. The number of fused-ring (bicyclic) bond motifs is 1. The molecule has 1 aromatic carbocycles. The molecule has 1 aliphatic carbocycles. The van der Waals surface area contributed by atoms with E-state index in [0.29, 0.717) is 0 Å². The zero-order valence-electron chi connectivity index (χ0n) is 12.1. The van der Waals surface area contributed by atoms with Crippen molar-refractivity contribution in [3.8, 4) is 0 Å². The fraction of sp³-hybridized carbons (Fsp3) is 0.294. The number of carbonyl (C=O) groups excluding carboxylic acids is 2. The fourth-order valence-corrected chi connectivity index (χ4v) is 3.37. The Morgan fingerprint density at radius 1 is 1.27 bits per heavy atom. The van der Waals surface area contributed by atoms with Crippen LogP contribution in [-0.2, 0) is 27.2 Å². The normalized spacial score (nSPS) is 16.1. The van der Waals surface area contributed by atoms with Gasteiger partial charge in [0.2, 0.25) is 0 Å². The number of thiophene rings is 1. The van der Waals surface area contributed by atoms with Gasteiger partial charge >= 0.3 is 5.97 Å². The first kappa shape index (κ1) is 14.8. The Bertz CT molecular complexity index is 666. The highest BCUT2D eigenvalue weighted by molar-refractivity contribution is 7.07. The van der Waals surface area contributed by atoms with Crippen LogP contribution in [-0.4, -0.2) is 18.5 Å². The molecule has 114 valence electrons.